The van der Waals surface area contributed by atoms with Crippen LogP contribution in [0.2, 0.25) is 5.02 Å². The highest BCUT2D eigenvalue weighted by molar-refractivity contribution is 6.32. The van der Waals surface area contributed by atoms with E-state index in [0.29, 0.717) is 27.8 Å². The van der Waals surface area contributed by atoms with Gasteiger partial charge in [-0.15, -0.1) is 0 Å². The van der Waals surface area contributed by atoms with Crippen LogP contribution in [0.15, 0.2) is 42.5 Å². The fourth-order valence-corrected chi connectivity index (χ4v) is 2.22. The number of halogens is 1. The molecule has 2 N–H and O–H groups in total. The average Bonchev–Trinajstić information content (AvgIpc) is 2.53. The van der Waals surface area contributed by atoms with Crippen molar-refractivity contribution in [3.05, 3.63) is 53.1 Å². The first-order valence-corrected chi connectivity index (χ1v) is 7.11. The third-order valence-corrected chi connectivity index (χ3v) is 3.36. The summed E-state index contributed by atoms with van der Waals surface area (Å²) < 4.78 is 10.1. The number of benzene rings is 2. The van der Waals surface area contributed by atoms with Crippen LogP contribution in [0.3, 0.4) is 0 Å². The molecule has 0 aliphatic carbocycles. The van der Waals surface area contributed by atoms with Gasteiger partial charge in [-0.1, -0.05) is 23.7 Å². The largest absolute Gasteiger partial charge is 0.504 e. The molecule has 0 aliphatic heterocycles. The van der Waals surface area contributed by atoms with Gasteiger partial charge in [0, 0.05) is 6.08 Å². The third kappa shape index (κ3) is 4.17. The maximum absolute atomic E-state index is 12.0. The second-order valence-corrected chi connectivity index (χ2v) is 4.98. The Morgan fingerprint density at radius 2 is 2.00 bits per heavy atom. The second kappa shape index (κ2) is 7.56. The quantitative estimate of drug-likeness (QED) is 0.818. The number of anilines is 1. The summed E-state index contributed by atoms with van der Waals surface area (Å²) in [7, 11) is 2.95. The molecule has 0 saturated heterocycles. The van der Waals surface area contributed by atoms with Crippen molar-refractivity contribution in [1.29, 1.82) is 0 Å². The van der Waals surface area contributed by atoms with Crippen LogP contribution in [0.5, 0.6) is 17.2 Å². The molecule has 6 heteroatoms. The number of para-hydroxylation sites is 1. The zero-order chi connectivity index (χ0) is 16.8. The van der Waals surface area contributed by atoms with Crippen molar-refractivity contribution in [3.63, 3.8) is 0 Å². The predicted molar refractivity (Wildman–Crippen MR) is 90.3 cm³/mol. The fraction of sp³-hybridized carbons (Fsp3) is 0.118. The lowest BCUT2D eigenvalue weighted by Gasteiger charge is -2.10. The molecule has 5 nitrogen and oxygen atoms in total. The molecule has 0 aromatic heterocycles. The first-order chi connectivity index (χ1) is 11.0. The van der Waals surface area contributed by atoms with E-state index in [9.17, 15) is 9.90 Å². The Hall–Kier alpha value is -2.66. The van der Waals surface area contributed by atoms with Crippen molar-refractivity contribution in [1.82, 2.24) is 0 Å². The number of hydrogen-bond donors (Lipinski definition) is 2. The van der Waals surface area contributed by atoms with Crippen molar-refractivity contribution in [2.75, 3.05) is 19.5 Å². The van der Waals surface area contributed by atoms with Crippen LogP contribution in [-0.2, 0) is 4.79 Å². The van der Waals surface area contributed by atoms with E-state index in [2.05, 4.69) is 5.32 Å². The van der Waals surface area contributed by atoms with E-state index in [1.54, 1.807) is 36.4 Å². The number of amides is 1. The van der Waals surface area contributed by atoms with E-state index in [4.69, 9.17) is 21.1 Å². The average molecular weight is 334 g/mol. The highest BCUT2D eigenvalue weighted by Crippen LogP contribution is 2.32. The van der Waals surface area contributed by atoms with Gasteiger partial charge in [0.05, 0.1) is 24.9 Å². The SMILES string of the molecule is COc1ccc(/C=C/C(=O)Nc2cccc(Cl)c2OC)cc1O. The predicted octanol–water partition coefficient (Wildman–Crippen LogP) is 3.71. The van der Waals surface area contributed by atoms with Gasteiger partial charge in [0.15, 0.2) is 17.2 Å². The van der Waals surface area contributed by atoms with Crippen LogP contribution in [-0.4, -0.2) is 25.2 Å². The molecule has 0 saturated carbocycles. The molecule has 1 amide bonds. The van der Waals surface area contributed by atoms with Gasteiger partial charge >= 0.3 is 0 Å². The fourth-order valence-electron chi connectivity index (χ4n) is 1.97. The summed E-state index contributed by atoms with van der Waals surface area (Å²) in [6.07, 6.45) is 2.92. The zero-order valence-corrected chi connectivity index (χ0v) is 13.4. The van der Waals surface area contributed by atoms with Gasteiger partial charge in [-0.25, -0.2) is 0 Å². The minimum absolute atomic E-state index is 0.00608. The smallest absolute Gasteiger partial charge is 0.248 e. The molecule has 120 valence electrons. The molecule has 0 bridgehead atoms. The summed E-state index contributed by atoms with van der Waals surface area (Å²) in [5.41, 5.74) is 1.14. The minimum atomic E-state index is -0.346. The monoisotopic (exact) mass is 333 g/mol. The number of hydrogen-bond acceptors (Lipinski definition) is 4. The molecule has 23 heavy (non-hydrogen) atoms. The number of phenols is 1. The maximum Gasteiger partial charge on any atom is 0.248 e. The molecule has 0 aliphatic rings. The van der Waals surface area contributed by atoms with Crippen LogP contribution < -0.4 is 14.8 Å². The van der Waals surface area contributed by atoms with Crippen LogP contribution in [0.4, 0.5) is 5.69 Å². The molecule has 2 aromatic rings. The number of carbonyl (C=O) groups is 1. The number of aromatic hydroxyl groups is 1. The molecular formula is C17H16ClNO4. The van der Waals surface area contributed by atoms with Crippen LogP contribution in [0.25, 0.3) is 6.08 Å². The van der Waals surface area contributed by atoms with Gasteiger partial charge < -0.3 is 19.9 Å². The van der Waals surface area contributed by atoms with Crippen molar-refractivity contribution in [3.8, 4) is 17.2 Å². The first kappa shape index (κ1) is 16.7. The van der Waals surface area contributed by atoms with E-state index < -0.39 is 0 Å². The topological polar surface area (TPSA) is 67.8 Å². The Morgan fingerprint density at radius 1 is 1.22 bits per heavy atom. The Kier molecular flexibility index (Phi) is 5.49. The lowest BCUT2D eigenvalue weighted by atomic mass is 10.2. The van der Waals surface area contributed by atoms with Crippen LogP contribution >= 0.6 is 11.6 Å². The van der Waals surface area contributed by atoms with Gasteiger partial charge in [-0.3, -0.25) is 4.79 Å². The number of carbonyl (C=O) groups excluding carboxylic acids is 1. The highest BCUT2D eigenvalue weighted by atomic mass is 35.5. The number of phenolic OH excluding ortho intramolecular Hbond substituents is 1. The summed E-state index contributed by atoms with van der Waals surface area (Å²) in [5, 5.41) is 12.8. The molecule has 0 radical (unpaired) electrons. The molecule has 0 heterocycles. The van der Waals surface area contributed by atoms with Crippen molar-refractivity contribution >= 4 is 29.3 Å². The summed E-state index contributed by atoms with van der Waals surface area (Å²) in [6, 6.07) is 9.92. The molecule has 0 atom stereocenters. The Balaban J connectivity index is 2.10. The lowest BCUT2D eigenvalue weighted by molar-refractivity contribution is -0.111. The summed E-state index contributed by atoms with van der Waals surface area (Å²) >= 11 is 6.00. The van der Waals surface area contributed by atoms with E-state index in [1.807, 2.05) is 0 Å². The van der Waals surface area contributed by atoms with E-state index in [0.717, 1.165) is 0 Å². The van der Waals surface area contributed by atoms with Gasteiger partial charge in [0.1, 0.15) is 0 Å². The number of ether oxygens (including phenoxy) is 2. The molecule has 2 aromatic carbocycles. The van der Waals surface area contributed by atoms with Crippen LogP contribution in [0, 0.1) is 0 Å². The number of methoxy groups -OCH3 is 2. The van der Waals surface area contributed by atoms with Crippen molar-refractivity contribution in [2.45, 2.75) is 0 Å². The van der Waals surface area contributed by atoms with Crippen molar-refractivity contribution < 1.29 is 19.4 Å². The summed E-state index contributed by atoms with van der Waals surface area (Å²) in [5.74, 6) is 0.431. The highest BCUT2D eigenvalue weighted by Gasteiger charge is 2.09. The molecule has 2 rings (SSSR count). The van der Waals surface area contributed by atoms with Gasteiger partial charge in [-0.05, 0) is 35.9 Å². The Labute approximate surface area is 139 Å². The van der Waals surface area contributed by atoms with Gasteiger partial charge in [0.2, 0.25) is 5.91 Å². The van der Waals surface area contributed by atoms with E-state index in [-0.39, 0.29) is 11.7 Å². The standard InChI is InChI=1S/C17H16ClNO4/c1-22-15-8-6-11(10-14(15)20)7-9-16(21)19-13-5-3-4-12(18)17(13)23-2/h3-10,20H,1-2H3,(H,19,21)/b9-7+. The first-order valence-electron chi connectivity index (χ1n) is 6.73. The number of rotatable bonds is 5. The van der Waals surface area contributed by atoms with Crippen molar-refractivity contribution in [2.24, 2.45) is 0 Å². The third-order valence-electron chi connectivity index (χ3n) is 3.06. The summed E-state index contributed by atoms with van der Waals surface area (Å²) in [6.45, 7) is 0. The van der Waals surface area contributed by atoms with Gasteiger partial charge in [-0.2, -0.15) is 0 Å². The Bertz CT molecular complexity index is 743. The van der Waals surface area contributed by atoms with E-state index in [1.165, 1.54) is 26.4 Å². The molecule has 0 spiro atoms. The second-order valence-electron chi connectivity index (χ2n) is 4.57. The van der Waals surface area contributed by atoms with Crippen LogP contribution in [0.1, 0.15) is 5.56 Å². The lowest BCUT2D eigenvalue weighted by Crippen LogP contribution is -2.09. The Morgan fingerprint density at radius 3 is 2.65 bits per heavy atom. The normalized spacial score (nSPS) is 10.6. The maximum atomic E-state index is 12.0. The van der Waals surface area contributed by atoms with Gasteiger partial charge in [0.25, 0.3) is 0 Å². The molecule has 0 unspecified atom stereocenters. The minimum Gasteiger partial charge on any atom is -0.504 e. The summed E-state index contributed by atoms with van der Waals surface area (Å²) in [4.78, 5) is 12.0. The molecular weight excluding hydrogens is 318 g/mol. The van der Waals surface area contributed by atoms with E-state index >= 15 is 0 Å². The molecule has 0 fully saturated rings. The zero-order valence-electron chi connectivity index (χ0n) is 12.7. The number of nitrogens with one attached hydrogen (secondary N) is 1.